The van der Waals surface area contributed by atoms with Gasteiger partial charge in [0.25, 0.3) is 0 Å². The van der Waals surface area contributed by atoms with Crippen molar-refractivity contribution < 1.29 is 0 Å². The van der Waals surface area contributed by atoms with E-state index < -0.39 is 0 Å². The van der Waals surface area contributed by atoms with Crippen LogP contribution in [0.25, 0.3) is 0 Å². The van der Waals surface area contributed by atoms with Crippen molar-refractivity contribution in [1.82, 2.24) is 9.97 Å². The Morgan fingerprint density at radius 3 is 2.61 bits per heavy atom. The minimum Gasteiger partial charge on any atom is -0.340 e. The fourth-order valence-electron chi connectivity index (χ4n) is 2.08. The first kappa shape index (κ1) is 15.8. The van der Waals surface area contributed by atoms with Gasteiger partial charge in [0.2, 0.25) is 5.95 Å². The van der Waals surface area contributed by atoms with Crippen LogP contribution < -0.4 is 10.6 Å². The number of anilines is 4. The summed E-state index contributed by atoms with van der Waals surface area (Å²) < 4.78 is 1.05. The highest BCUT2D eigenvalue weighted by Crippen LogP contribution is 2.25. The van der Waals surface area contributed by atoms with E-state index in [2.05, 4.69) is 36.5 Å². The lowest BCUT2D eigenvalue weighted by atomic mass is 10.2. The minimum atomic E-state index is 0.484. The van der Waals surface area contributed by atoms with Gasteiger partial charge < -0.3 is 10.6 Å². The summed E-state index contributed by atoms with van der Waals surface area (Å²) >= 11 is 9.60. The maximum Gasteiger partial charge on any atom is 0.229 e. The number of rotatable bonds is 4. The summed E-state index contributed by atoms with van der Waals surface area (Å²) in [6, 6.07) is 15.3. The fourth-order valence-corrected chi connectivity index (χ4v) is 2.74. The van der Waals surface area contributed by atoms with Crippen LogP contribution in [-0.4, -0.2) is 9.97 Å². The summed E-state index contributed by atoms with van der Waals surface area (Å²) in [4.78, 5) is 8.69. The number of aromatic nitrogens is 2. The minimum absolute atomic E-state index is 0.484. The fraction of sp³-hybridized carbons (Fsp3) is 0.0588. The third kappa shape index (κ3) is 4.00. The number of hydrogen-bond donors (Lipinski definition) is 2. The van der Waals surface area contributed by atoms with Gasteiger partial charge in [0.1, 0.15) is 5.82 Å². The maximum atomic E-state index is 6.14. The van der Waals surface area contributed by atoms with E-state index in [1.165, 1.54) is 0 Å². The molecule has 0 aliphatic carbocycles. The van der Waals surface area contributed by atoms with Crippen LogP contribution in [0.2, 0.25) is 5.02 Å². The van der Waals surface area contributed by atoms with Gasteiger partial charge in [-0.2, -0.15) is 4.98 Å². The van der Waals surface area contributed by atoms with Crippen LogP contribution in [0, 0.1) is 6.92 Å². The van der Waals surface area contributed by atoms with Gasteiger partial charge in [0.05, 0.1) is 10.7 Å². The number of para-hydroxylation sites is 1. The first-order valence-corrected chi connectivity index (χ1v) is 8.17. The predicted molar refractivity (Wildman–Crippen MR) is 98.9 cm³/mol. The Morgan fingerprint density at radius 2 is 1.83 bits per heavy atom. The monoisotopic (exact) mass is 388 g/mol. The molecular weight excluding hydrogens is 376 g/mol. The van der Waals surface area contributed by atoms with Gasteiger partial charge in [-0.05, 0) is 48.9 Å². The summed E-state index contributed by atoms with van der Waals surface area (Å²) in [6.07, 6.45) is 1.70. The summed E-state index contributed by atoms with van der Waals surface area (Å²) in [5.41, 5.74) is 2.89. The van der Waals surface area contributed by atoms with Crippen molar-refractivity contribution in [1.29, 1.82) is 0 Å². The van der Waals surface area contributed by atoms with E-state index in [4.69, 9.17) is 11.6 Å². The topological polar surface area (TPSA) is 49.8 Å². The van der Waals surface area contributed by atoms with E-state index >= 15 is 0 Å². The molecule has 1 heterocycles. The Hall–Kier alpha value is -2.11. The average Bonchev–Trinajstić information content (AvgIpc) is 2.53. The number of benzene rings is 2. The molecule has 0 bridgehead atoms. The first-order valence-electron chi connectivity index (χ1n) is 6.99. The van der Waals surface area contributed by atoms with Gasteiger partial charge in [-0.3, -0.25) is 0 Å². The second kappa shape index (κ2) is 6.98. The molecule has 0 amide bonds. The molecule has 0 fully saturated rings. The molecule has 4 nitrogen and oxygen atoms in total. The van der Waals surface area contributed by atoms with Crippen LogP contribution in [0.1, 0.15) is 5.56 Å². The molecule has 3 rings (SSSR count). The molecule has 116 valence electrons. The van der Waals surface area contributed by atoms with Crippen LogP contribution in [0.3, 0.4) is 0 Å². The molecule has 2 N–H and O–H groups in total. The van der Waals surface area contributed by atoms with Crippen LogP contribution in [0.5, 0.6) is 0 Å². The van der Waals surface area contributed by atoms with Gasteiger partial charge in [0.15, 0.2) is 0 Å². The second-order valence-electron chi connectivity index (χ2n) is 4.95. The molecule has 23 heavy (non-hydrogen) atoms. The summed E-state index contributed by atoms with van der Waals surface area (Å²) in [5.74, 6) is 1.19. The van der Waals surface area contributed by atoms with Crippen molar-refractivity contribution in [2.75, 3.05) is 10.6 Å². The van der Waals surface area contributed by atoms with Crippen LogP contribution in [0.4, 0.5) is 23.1 Å². The van der Waals surface area contributed by atoms with Crippen molar-refractivity contribution in [3.05, 3.63) is 69.8 Å². The Balaban J connectivity index is 1.81. The molecule has 2 aromatic carbocycles. The smallest absolute Gasteiger partial charge is 0.229 e. The zero-order valence-electron chi connectivity index (χ0n) is 12.3. The largest absolute Gasteiger partial charge is 0.340 e. The molecule has 0 unspecified atom stereocenters. The normalized spacial score (nSPS) is 10.4. The van der Waals surface area contributed by atoms with E-state index in [0.717, 1.165) is 21.4 Å². The standard InChI is InChI=1S/C17H14BrClN4/c1-11-10-12(18)6-7-14(11)21-16-8-9-20-17(23-16)22-15-5-3-2-4-13(15)19/h2-10H,1H3,(H2,20,21,22,23). The predicted octanol–water partition coefficient (Wildman–Crippen LogP) is 5.69. The zero-order chi connectivity index (χ0) is 16.2. The Bertz CT molecular complexity index is 838. The second-order valence-corrected chi connectivity index (χ2v) is 6.28. The Labute approximate surface area is 148 Å². The maximum absolute atomic E-state index is 6.14. The van der Waals surface area contributed by atoms with Gasteiger partial charge in [-0.1, -0.05) is 39.7 Å². The first-order chi connectivity index (χ1) is 11.1. The SMILES string of the molecule is Cc1cc(Br)ccc1Nc1ccnc(Nc2ccccc2Cl)n1. The Morgan fingerprint density at radius 1 is 1.00 bits per heavy atom. The van der Waals surface area contributed by atoms with Crippen molar-refractivity contribution in [3.63, 3.8) is 0 Å². The Kier molecular flexibility index (Phi) is 4.79. The van der Waals surface area contributed by atoms with E-state index in [0.29, 0.717) is 16.8 Å². The van der Waals surface area contributed by atoms with Crippen LogP contribution in [-0.2, 0) is 0 Å². The molecule has 3 aromatic rings. The quantitative estimate of drug-likeness (QED) is 0.602. The summed E-state index contributed by atoms with van der Waals surface area (Å²) in [5, 5.41) is 7.04. The number of hydrogen-bond acceptors (Lipinski definition) is 4. The van der Waals surface area contributed by atoms with Crippen LogP contribution >= 0.6 is 27.5 Å². The lowest BCUT2D eigenvalue weighted by Gasteiger charge is -2.11. The van der Waals surface area contributed by atoms with E-state index in [-0.39, 0.29) is 0 Å². The van der Waals surface area contributed by atoms with Gasteiger partial charge in [-0.15, -0.1) is 0 Å². The van der Waals surface area contributed by atoms with Gasteiger partial charge >= 0.3 is 0 Å². The van der Waals surface area contributed by atoms with Crippen LogP contribution in [0.15, 0.2) is 59.2 Å². The number of nitrogens with one attached hydrogen (secondary N) is 2. The lowest BCUT2D eigenvalue weighted by Crippen LogP contribution is -2.01. The van der Waals surface area contributed by atoms with E-state index in [1.54, 1.807) is 6.20 Å². The van der Waals surface area contributed by atoms with Gasteiger partial charge in [-0.25, -0.2) is 4.98 Å². The number of nitrogens with zero attached hydrogens (tertiary/aromatic N) is 2. The molecule has 0 aliphatic heterocycles. The molecule has 1 aromatic heterocycles. The van der Waals surface area contributed by atoms with Crippen molar-refractivity contribution in [3.8, 4) is 0 Å². The highest BCUT2D eigenvalue weighted by molar-refractivity contribution is 9.10. The molecular formula is C17H14BrClN4. The zero-order valence-corrected chi connectivity index (χ0v) is 14.7. The summed E-state index contributed by atoms with van der Waals surface area (Å²) in [6.45, 7) is 2.04. The molecule has 0 spiro atoms. The van der Waals surface area contributed by atoms with Crippen molar-refractivity contribution in [2.24, 2.45) is 0 Å². The average molecular weight is 390 g/mol. The molecule has 0 saturated carbocycles. The lowest BCUT2D eigenvalue weighted by molar-refractivity contribution is 1.16. The van der Waals surface area contributed by atoms with Crippen molar-refractivity contribution in [2.45, 2.75) is 6.92 Å². The summed E-state index contributed by atoms with van der Waals surface area (Å²) in [7, 11) is 0. The number of aryl methyl sites for hydroxylation is 1. The molecule has 0 saturated heterocycles. The van der Waals surface area contributed by atoms with E-state index in [1.807, 2.05) is 55.5 Å². The highest BCUT2D eigenvalue weighted by Gasteiger charge is 2.05. The third-order valence-corrected chi connectivity index (χ3v) is 4.05. The third-order valence-electron chi connectivity index (χ3n) is 3.23. The van der Waals surface area contributed by atoms with E-state index in [9.17, 15) is 0 Å². The van der Waals surface area contributed by atoms with Gasteiger partial charge in [0, 0.05) is 16.4 Å². The molecule has 0 aliphatic rings. The molecule has 0 atom stereocenters. The molecule has 6 heteroatoms. The number of halogens is 2. The highest BCUT2D eigenvalue weighted by atomic mass is 79.9. The molecule has 0 radical (unpaired) electrons. The van der Waals surface area contributed by atoms with Crippen molar-refractivity contribution >= 4 is 50.7 Å².